The van der Waals surface area contributed by atoms with Crippen LogP contribution in [0, 0.1) is 3.57 Å². The van der Waals surface area contributed by atoms with Crippen LogP contribution in [0.1, 0.15) is 27.7 Å². The van der Waals surface area contributed by atoms with E-state index in [-0.39, 0.29) is 18.3 Å². The molecule has 0 N–H and O–H groups in total. The van der Waals surface area contributed by atoms with Crippen molar-refractivity contribution in [2.45, 2.75) is 38.9 Å². The smallest absolute Gasteiger partial charge is 0.399 e. The lowest BCUT2D eigenvalue weighted by atomic mass is 9.78. The van der Waals surface area contributed by atoms with E-state index in [0.29, 0.717) is 0 Å². The molecular formula is C54H44BBr4IO2. The molecule has 0 unspecified atom stereocenters. The van der Waals surface area contributed by atoms with Gasteiger partial charge in [-0.25, -0.2) is 0 Å². The van der Waals surface area contributed by atoms with Crippen LogP contribution in [0.15, 0.2) is 212 Å². The molecule has 0 amide bonds. The molecule has 1 aliphatic heterocycles. The molecule has 1 heterocycles. The molecule has 0 saturated carbocycles. The molecule has 2 nitrogen and oxygen atoms in total. The first-order chi connectivity index (χ1) is 29.7. The Morgan fingerprint density at radius 2 is 0.645 bits per heavy atom. The summed E-state index contributed by atoms with van der Waals surface area (Å²) in [7, 11) is -0.341. The molecule has 9 rings (SSSR count). The van der Waals surface area contributed by atoms with Crippen LogP contribution in [-0.2, 0) is 9.31 Å². The van der Waals surface area contributed by atoms with E-state index in [1.807, 2.05) is 18.2 Å². The van der Waals surface area contributed by atoms with E-state index < -0.39 is 0 Å². The van der Waals surface area contributed by atoms with Gasteiger partial charge in [-0.1, -0.05) is 203 Å². The monoisotopic (exact) mass is 1180 g/mol. The molecular weight excluding hydrogens is 1140 g/mol. The Labute approximate surface area is 414 Å². The molecule has 62 heavy (non-hydrogen) atoms. The van der Waals surface area contributed by atoms with Gasteiger partial charge in [0.15, 0.2) is 0 Å². The van der Waals surface area contributed by atoms with E-state index in [1.54, 1.807) is 0 Å². The molecule has 0 aliphatic carbocycles. The minimum atomic E-state index is -0.341. The van der Waals surface area contributed by atoms with Crippen LogP contribution < -0.4 is 5.46 Å². The zero-order valence-corrected chi connectivity index (χ0v) is 43.3. The molecule has 1 aliphatic rings. The van der Waals surface area contributed by atoms with Crippen LogP contribution in [0.2, 0.25) is 0 Å². The Hall–Kier alpha value is -3.61. The number of halogens is 5. The van der Waals surface area contributed by atoms with Crippen molar-refractivity contribution in [3.8, 4) is 55.6 Å². The second-order valence-corrected chi connectivity index (χ2v) is 20.8. The summed E-state index contributed by atoms with van der Waals surface area (Å²) in [5.74, 6) is 0. The predicted octanol–water partition coefficient (Wildman–Crippen LogP) is 17.3. The first-order valence-corrected chi connectivity index (χ1v) is 24.4. The Morgan fingerprint density at radius 3 is 1.03 bits per heavy atom. The lowest BCUT2D eigenvalue weighted by Crippen LogP contribution is -2.41. The maximum atomic E-state index is 6.21. The maximum Gasteiger partial charge on any atom is 0.494 e. The van der Waals surface area contributed by atoms with E-state index >= 15 is 0 Å². The minimum absolute atomic E-state index is 0.332. The third-order valence-corrected chi connectivity index (χ3v) is 13.4. The SMILES string of the molecule is Brc1cc(Br)cc(-c2cccc(-c3cccc(-c4ccccc4)c3)c2)c1.Brc1cc(Br)cc(I)c1.CC1(C)OB(c2cccc(-c3cccc(-c4ccccc4)c3)c2)OC1(C)C. The number of hydrogen-bond acceptors (Lipinski definition) is 2. The molecule has 0 spiro atoms. The van der Waals surface area contributed by atoms with E-state index in [4.69, 9.17) is 9.31 Å². The second kappa shape index (κ2) is 20.9. The summed E-state index contributed by atoms with van der Waals surface area (Å²) in [6.45, 7) is 8.33. The summed E-state index contributed by atoms with van der Waals surface area (Å²) in [5, 5.41) is 0. The lowest BCUT2D eigenvalue weighted by molar-refractivity contribution is 0.00578. The van der Waals surface area contributed by atoms with Crippen molar-refractivity contribution in [2.75, 3.05) is 0 Å². The van der Waals surface area contributed by atoms with Gasteiger partial charge >= 0.3 is 7.12 Å². The largest absolute Gasteiger partial charge is 0.494 e. The molecule has 1 saturated heterocycles. The van der Waals surface area contributed by atoms with Gasteiger partial charge in [-0.3, -0.25) is 0 Å². The van der Waals surface area contributed by atoms with Gasteiger partial charge in [-0.15, -0.1) is 0 Å². The van der Waals surface area contributed by atoms with Gasteiger partial charge in [-0.2, -0.15) is 0 Å². The lowest BCUT2D eigenvalue weighted by Gasteiger charge is -2.32. The summed E-state index contributed by atoms with van der Waals surface area (Å²) in [6.07, 6.45) is 0. The van der Waals surface area contributed by atoms with Crippen LogP contribution in [0.4, 0.5) is 0 Å². The van der Waals surface area contributed by atoms with Crippen molar-refractivity contribution in [2.24, 2.45) is 0 Å². The summed E-state index contributed by atoms with van der Waals surface area (Å²) in [6, 6.07) is 67.9. The summed E-state index contributed by atoms with van der Waals surface area (Å²) in [4.78, 5) is 0. The fourth-order valence-corrected chi connectivity index (χ4v) is 11.1. The highest BCUT2D eigenvalue weighted by atomic mass is 127. The molecule has 8 aromatic carbocycles. The Morgan fingerprint density at radius 1 is 0.339 bits per heavy atom. The highest BCUT2D eigenvalue weighted by Gasteiger charge is 2.51. The standard InChI is InChI=1S/C24H25BO2.C24H16Br2.C6H3Br2I/c1-23(2)24(3,4)27-25(26-23)22-15-9-14-21(17-22)20-13-8-12-19(16-20)18-10-6-5-7-11-18;25-23-14-22(15-24(26)16-23)21-11-5-10-20(13-21)19-9-4-8-18(12-19)17-6-2-1-3-7-17;7-4-1-5(8)3-6(9)2-4/h5-17H,1-4H3;1-16H;1-3H. The van der Waals surface area contributed by atoms with E-state index in [1.165, 1.54) is 59.2 Å². The van der Waals surface area contributed by atoms with Crippen LogP contribution in [0.25, 0.3) is 55.6 Å². The maximum absolute atomic E-state index is 6.21. The summed E-state index contributed by atoms with van der Waals surface area (Å²) < 4.78 is 18.0. The third kappa shape index (κ3) is 12.1. The molecule has 0 aromatic heterocycles. The van der Waals surface area contributed by atoms with Gasteiger partial charge in [0.25, 0.3) is 0 Å². The highest BCUT2D eigenvalue weighted by molar-refractivity contribution is 14.1. The first-order valence-electron chi connectivity index (χ1n) is 20.2. The summed E-state index contributed by atoms with van der Waals surface area (Å²) >= 11 is 16.2. The number of benzene rings is 8. The topological polar surface area (TPSA) is 18.5 Å². The first kappa shape index (κ1) is 46.4. The number of rotatable bonds is 6. The van der Waals surface area contributed by atoms with Crippen molar-refractivity contribution in [1.82, 2.24) is 0 Å². The van der Waals surface area contributed by atoms with Crippen LogP contribution in [-0.4, -0.2) is 18.3 Å². The normalized spacial score (nSPS) is 13.7. The van der Waals surface area contributed by atoms with Crippen LogP contribution in [0.5, 0.6) is 0 Å². The third-order valence-electron chi connectivity index (χ3n) is 10.9. The average Bonchev–Trinajstić information content (AvgIpc) is 3.49. The Bertz CT molecular complexity index is 2690. The van der Waals surface area contributed by atoms with Crippen molar-refractivity contribution in [3.63, 3.8) is 0 Å². The average molecular weight is 1180 g/mol. The molecule has 310 valence electrons. The van der Waals surface area contributed by atoms with Gasteiger partial charge < -0.3 is 9.31 Å². The van der Waals surface area contributed by atoms with Gasteiger partial charge in [0, 0.05) is 21.5 Å². The molecule has 8 aromatic rings. The van der Waals surface area contributed by atoms with Crippen LogP contribution in [0.3, 0.4) is 0 Å². The summed E-state index contributed by atoms with van der Waals surface area (Å²) in [5.41, 5.74) is 12.5. The van der Waals surface area contributed by atoms with E-state index in [2.05, 4.69) is 290 Å². The van der Waals surface area contributed by atoms with E-state index in [9.17, 15) is 0 Å². The Kier molecular flexibility index (Phi) is 15.7. The molecule has 8 heteroatoms. The number of hydrogen-bond donors (Lipinski definition) is 0. The fourth-order valence-electron chi connectivity index (χ4n) is 6.98. The highest BCUT2D eigenvalue weighted by Crippen LogP contribution is 2.37. The zero-order chi connectivity index (χ0) is 43.9. The second-order valence-electron chi connectivity index (χ2n) is 15.9. The van der Waals surface area contributed by atoms with Gasteiger partial charge in [-0.05, 0) is 166 Å². The van der Waals surface area contributed by atoms with Crippen molar-refractivity contribution < 1.29 is 9.31 Å². The van der Waals surface area contributed by atoms with Crippen molar-refractivity contribution >= 4 is 98.9 Å². The van der Waals surface area contributed by atoms with Gasteiger partial charge in [0.05, 0.1) is 11.2 Å². The molecule has 1 fully saturated rings. The quantitative estimate of drug-likeness (QED) is 0.122. The van der Waals surface area contributed by atoms with Crippen LogP contribution >= 0.6 is 86.3 Å². The fraction of sp³-hybridized carbons (Fsp3) is 0.111. The van der Waals surface area contributed by atoms with Gasteiger partial charge in [0.1, 0.15) is 0 Å². The van der Waals surface area contributed by atoms with Gasteiger partial charge in [0.2, 0.25) is 0 Å². The predicted molar refractivity (Wildman–Crippen MR) is 286 cm³/mol. The van der Waals surface area contributed by atoms with Crippen molar-refractivity contribution in [3.05, 3.63) is 216 Å². The molecule has 0 radical (unpaired) electrons. The van der Waals surface area contributed by atoms with Crippen molar-refractivity contribution in [1.29, 1.82) is 0 Å². The zero-order valence-electron chi connectivity index (χ0n) is 34.8. The molecule has 0 bridgehead atoms. The minimum Gasteiger partial charge on any atom is -0.399 e. The van der Waals surface area contributed by atoms with E-state index in [0.717, 1.165) is 23.4 Å². The molecule has 0 atom stereocenters. The Balaban J connectivity index is 0.000000156.